The lowest BCUT2D eigenvalue weighted by Gasteiger charge is -2.18. The van der Waals surface area contributed by atoms with Gasteiger partial charge in [0.2, 0.25) is 6.79 Å². The maximum atomic E-state index is 12.9. The summed E-state index contributed by atoms with van der Waals surface area (Å²) in [5, 5.41) is 21.8. The fourth-order valence-electron chi connectivity index (χ4n) is 3.71. The molecule has 0 spiro atoms. The number of amides is 1. The predicted molar refractivity (Wildman–Crippen MR) is 133 cm³/mol. The van der Waals surface area contributed by atoms with E-state index < -0.39 is 17.4 Å². The molecule has 1 aromatic heterocycles. The van der Waals surface area contributed by atoms with Crippen LogP contribution in [-0.2, 0) is 23.2 Å². The first-order chi connectivity index (χ1) is 16.7. The number of carbonyl (C=O) groups is 2. The summed E-state index contributed by atoms with van der Waals surface area (Å²) in [7, 11) is 1.54. The summed E-state index contributed by atoms with van der Waals surface area (Å²) in [5.74, 6) is 0.237. The number of thioether (sulfide) groups is 1. The summed E-state index contributed by atoms with van der Waals surface area (Å²) in [5.41, 5.74) is 1.27. The zero-order valence-corrected chi connectivity index (χ0v) is 20.4. The molecular weight excluding hydrogens is 492 g/mol. The van der Waals surface area contributed by atoms with Crippen molar-refractivity contribution in [3.8, 4) is 17.6 Å². The Balaban J connectivity index is 1.71. The molecule has 10 nitrogen and oxygen atoms in total. The predicted octanol–water partition coefficient (Wildman–Crippen LogP) is 2.58. The highest BCUT2D eigenvalue weighted by Gasteiger charge is 2.33. The molecule has 0 saturated carbocycles. The number of nitriles is 1. The van der Waals surface area contributed by atoms with Crippen molar-refractivity contribution in [3.05, 3.63) is 55.7 Å². The van der Waals surface area contributed by atoms with Gasteiger partial charge in [0.25, 0.3) is 11.5 Å². The molecule has 2 aliphatic heterocycles. The Morgan fingerprint density at radius 3 is 2.80 bits per heavy atom. The highest BCUT2D eigenvalue weighted by molar-refractivity contribution is 8.26. The molecule has 2 aliphatic rings. The number of carboxylic acids is 1. The lowest BCUT2D eigenvalue weighted by Crippen LogP contribution is -2.30. The lowest BCUT2D eigenvalue weighted by molar-refractivity contribution is -0.137. The van der Waals surface area contributed by atoms with E-state index in [9.17, 15) is 19.6 Å². The van der Waals surface area contributed by atoms with Gasteiger partial charge in [0.1, 0.15) is 21.8 Å². The van der Waals surface area contributed by atoms with Crippen LogP contribution in [0.2, 0.25) is 0 Å². The molecule has 0 atom stereocenters. The second-order valence-corrected chi connectivity index (χ2v) is 9.43. The third kappa shape index (κ3) is 4.73. The number of hydrogen-bond acceptors (Lipinski definition) is 9. The summed E-state index contributed by atoms with van der Waals surface area (Å²) in [6.07, 6.45) is 1.34. The van der Waals surface area contributed by atoms with Crippen LogP contribution in [0.5, 0.6) is 11.5 Å². The van der Waals surface area contributed by atoms with Crippen LogP contribution in [0, 0.1) is 18.3 Å². The monoisotopic (exact) mass is 512 g/mol. The lowest BCUT2D eigenvalue weighted by atomic mass is 10.0. The Morgan fingerprint density at radius 2 is 2.09 bits per heavy atom. The average Bonchev–Trinajstić information content (AvgIpc) is 3.39. The van der Waals surface area contributed by atoms with Crippen molar-refractivity contribution < 1.29 is 24.2 Å². The van der Waals surface area contributed by atoms with E-state index in [1.807, 2.05) is 18.2 Å². The number of carboxylic acid groups (broad SMARTS) is 1. The van der Waals surface area contributed by atoms with E-state index in [4.69, 9.17) is 26.8 Å². The summed E-state index contributed by atoms with van der Waals surface area (Å²) in [6.45, 7) is 2.09. The second-order valence-electron chi connectivity index (χ2n) is 7.76. The molecule has 0 bridgehead atoms. The number of anilines is 1. The fraction of sp³-hybridized carbons (Fsp3) is 0.261. The van der Waals surface area contributed by atoms with Gasteiger partial charge in [-0.3, -0.25) is 23.9 Å². The van der Waals surface area contributed by atoms with Crippen molar-refractivity contribution in [2.24, 2.45) is 7.05 Å². The molecule has 0 aliphatic carbocycles. The van der Waals surface area contributed by atoms with E-state index in [2.05, 4.69) is 5.32 Å². The molecule has 1 amide bonds. The van der Waals surface area contributed by atoms with Crippen LogP contribution >= 0.6 is 24.0 Å². The SMILES string of the molecule is Cc1c(/C=C2/SC(=S)N(CCC(=O)O)C2=O)c(NCc2ccc3c(c2)OCO3)n(C)c(=O)c1C#N. The van der Waals surface area contributed by atoms with Crippen molar-refractivity contribution in [2.45, 2.75) is 19.9 Å². The second kappa shape index (κ2) is 9.81. The summed E-state index contributed by atoms with van der Waals surface area (Å²) < 4.78 is 12.3. The fourth-order valence-corrected chi connectivity index (χ4v) is 5.00. The van der Waals surface area contributed by atoms with Gasteiger partial charge in [-0.05, 0) is 36.3 Å². The normalized spacial score (nSPS) is 15.6. The zero-order chi connectivity index (χ0) is 25.3. The molecular formula is C23H20N4O6S2. The number of nitrogens with one attached hydrogen (secondary N) is 1. The number of rotatable bonds is 7. The first-order valence-electron chi connectivity index (χ1n) is 10.4. The van der Waals surface area contributed by atoms with E-state index in [0.717, 1.165) is 17.3 Å². The largest absolute Gasteiger partial charge is 0.481 e. The molecule has 0 radical (unpaired) electrons. The minimum atomic E-state index is -1.04. The van der Waals surface area contributed by atoms with E-state index in [-0.39, 0.29) is 34.5 Å². The van der Waals surface area contributed by atoms with Crippen LogP contribution < -0.4 is 20.3 Å². The van der Waals surface area contributed by atoms with E-state index >= 15 is 0 Å². The number of thiocarbonyl (C=S) groups is 1. The van der Waals surface area contributed by atoms with Crippen molar-refractivity contribution in [2.75, 3.05) is 18.7 Å². The number of aliphatic carboxylic acids is 1. The minimum Gasteiger partial charge on any atom is -0.481 e. The Kier molecular flexibility index (Phi) is 6.81. The van der Waals surface area contributed by atoms with E-state index in [0.29, 0.717) is 35.0 Å². The van der Waals surface area contributed by atoms with Crippen LogP contribution in [0.3, 0.4) is 0 Å². The molecule has 12 heteroatoms. The smallest absolute Gasteiger partial charge is 0.305 e. The van der Waals surface area contributed by atoms with Crippen molar-refractivity contribution in [3.63, 3.8) is 0 Å². The van der Waals surface area contributed by atoms with Crippen LogP contribution in [0.4, 0.5) is 5.82 Å². The quantitative estimate of drug-likeness (QED) is 0.421. The molecule has 2 N–H and O–H groups in total. The van der Waals surface area contributed by atoms with Gasteiger partial charge in [0, 0.05) is 25.7 Å². The van der Waals surface area contributed by atoms with Gasteiger partial charge in [-0.15, -0.1) is 0 Å². The highest BCUT2D eigenvalue weighted by Crippen LogP contribution is 2.36. The van der Waals surface area contributed by atoms with Crippen LogP contribution in [0.15, 0.2) is 27.9 Å². The highest BCUT2D eigenvalue weighted by atomic mass is 32.2. The van der Waals surface area contributed by atoms with Crippen LogP contribution in [0.1, 0.15) is 28.7 Å². The number of nitrogens with zero attached hydrogens (tertiary/aromatic N) is 3. The molecule has 4 rings (SSSR count). The van der Waals surface area contributed by atoms with Gasteiger partial charge >= 0.3 is 5.97 Å². The van der Waals surface area contributed by atoms with Crippen molar-refractivity contribution in [1.82, 2.24) is 9.47 Å². The molecule has 180 valence electrons. The zero-order valence-electron chi connectivity index (χ0n) is 18.8. The van der Waals surface area contributed by atoms with Crippen molar-refractivity contribution >= 4 is 52.1 Å². The molecule has 2 aromatic rings. The number of aromatic nitrogens is 1. The first kappa shape index (κ1) is 24.3. The van der Waals surface area contributed by atoms with Gasteiger partial charge in [-0.1, -0.05) is 30.0 Å². The maximum Gasteiger partial charge on any atom is 0.305 e. The summed E-state index contributed by atoms with van der Waals surface area (Å²) in [6, 6.07) is 7.44. The number of ether oxygens (including phenoxy) is 2. The first-order valence-corrected chi connectivity index (χ1v) is 11.7. The van der Waals surface area contributed by atoms with Crippen LogP contribution in [-0.4, -0.2) is 44.1 Å². The topological polar surface area (TPSA) is 134 Å². The molecule has 0 unspecified atom stereocenters. The van der Waals surface area contributed by atoms with Crippen LogP contribution in [0.25, 0.3) is 6.08 Å². The van der Waals surface area contributed by atoms with E-state index in [1.165, 1.54) is 9.47 Å². The van der Waals surface area contributed by atoms with Gasteiger partial charge in [0.05, 0.1) is 11.3 Å². The number of fused-ring (bicyclic) bond motifs is 1. The molecule has 35 heavy (non-hydrogen) atoms. The van der Waals surface area contributed by atoms with Gasteiger partial charge in [0.15, 0.2) is 11.5 Å². The van der Waals surface area contributed by atoms with E-state index in [1.54, 1.807) is 26.1 Å². The summed E-state index contributed by atoms with van der Waals surface area (Å²) >= 11 is 6.31. The Morgan fingerprint density at radius 1 is 1.34 bits per heavy atom. The third-order valence-corrected chi connectivity index (χ3v) is 6.97. The molecule has 1 saturated heterocycles. The minimum absolute atomic E-state index is 0.0336. The summed E-state index contributed by atoms with van der Waals surface area (Å²) in [4.78, 5) is 38.2. The number of hydrogen-bond donors (Lipinski definition) is 2. The maximum absolute atomic E-state index is 12.9. The van der Waals surface area contributed by atoms with Gasteiger partial charge in [-0.25, -0.2) is 0 Å². The molecule has 1 fully saturated rings. The average molecular weight is 513 g/mol. The Bertz CT molecular complexity index is 1390. The standard InChI is InChI=1S/C23H20N4O6S2/c1-12-14(8-18-22(31)27(23(34)35-18)6-5-19(28)29)20(26(2)21(30)15(12)9-24)25-10-13-3-4-16-17(7-13)33-11-32-16/h3-4,7-8,25H,5-6,10-11H2,1-2H3,(H,28,29)/b18-8+. The molecule has 3 heterocycles. The number of benzene rings is 1. The van der Waals surface area contributed by atoms with Gasteiger partial charge < -0.3 is 19.9 Å². The Labute approximate surface area is 209 Å². The number of carbonyl (C=O) groups excluding carboxylic acids is 1. The third-order valence-electron chi connectivity index (χ3n) is 5.60. The number of pyridine rings is 1. The van der Waals surface area contributed by atoms with Crippen molar-refractivity contribution in [1.29, 1.82) is 5.26 Å². The molecule has 1 aromatic carbocycles. The van der Waals surface area contributed by atoms with Gasteiger partial charge in [-0.2, -0.15) is 5.26 Å². The Hall–Kier alpha value is -3.82.